The molecule has 0 atom stereocenters. The zero-order chi connectivity index (χ0) is 14.1. The molecule has 3 rings (SSSR count). The first-order valence-corrected chi connectivity index (χ1v) is 7.31. The molecule has 2 aromatic heterocycles. The summed E-state index contributed by atoms with van der Waals surface area (Å²) in [5.41, 5.74) is 0.795. The number of benzene rings is 1. The van der Waals surface area contributed by atoms with Crippen LogP contribution in [0.5, 0.6) is 11.5 Å². The average Bonchev–Trinajstić information content (AvgIpc) is 3.07. The number of hydrogen-bond donors (Lipinski definition) is 1. The van der Waals surface area contributed by atoms with E-state index in [9.17, 15) is 5.11 Å². The highest BCUT2D eigenvalue weighted by atomic mass is 79.9. The maximum Gasteiger partial charge on any atom is 0.272 e. The minimum absolute atomic E-state index is 0.140. The molecule has 0 aliphatic carbocycles. The Morgan fingerprint density at radius 3 is 2.85 bits per heavy atom. The Hall–Kier alpha value is -1.86. The van der Waals surface area contributed by atoms with Gasteiger partial charge >= 0.3 is 0 Å². The molecular formula is C13H9BrN2O3S. The molecule has 0 spiro atoms. The van der Waals surface area contributed by atoms with Crippen molar-refractivity contribution in [3.8, 4) is 33.7 Å². The summed E-state index contributed by atoms with van der Waals surface area (Å²) in [6.45, 7) is 0. The molecule has 0 saturated carbocycles. The van der Waals surface area contributed by atoms with Gasteiger partial charge in [0.2, 0.25) is 5.82 Å². The highest BCUT2D eigenvalue weighted by molar-refractivity contribution is 9.10. The number of thiophene rings is 1. The maximum absolute atomic E-state index is 9.65. The first-order valence-electron chi connectivity index (χ1n) is 5.63. The summed E-state index contributed by atoms with van der Waals surface area (Å²) in [7, 11) is 1.60. The summed E-state index contributed by atoms with van der Waals surface area (Å²) in [6, 6.07) is 7.10. The summed E-state index contributed by atoms with van der Waals surface area (Å²) >= 11 is 4.76. The van der Waals surface area contributed by atoms with Gasteiger partial charge in [-0.2, -0.15) is 4.98 Å². The Morgan fingerprint density at radius 2 is 2.20 bits per heavy atom. The minimum Gasteiger partial charge on any atom is -0.506 e. The molecule has 2 heterocycles. The molecule has 5 nitrogen and oxygen atoms in total. The number of methoxy groups -OCH3 is 1. The number of hydrogen-bond acceptors (Lipinski definition) is 6. The van der Waals surface area contributed by atoms with Crippen molar-refractivity contribution in [3.05, 3.63) is 34.1 Å². The van der Waals surface area contributed by atoms with Crippen LogP contribution in [0.4, 0.5) is 0 Å². The Balaban J connectivity index is 1.98. The summed E-state index contributed by atoms with van der Waals surface area (Å²) < 4.78 is 11.2. The molecule has 1 N–H and O–H groups in total. The van der Waals surface area contributed by atoms with Crippen molar-refractivity contribution in [2.24, 2.45) is 0 Å². The molecule has 0 fully saturated rings. The lowest BCUT2D eigenvalue weighted by Gasteiger charge is -2.03. The van der Waals surface area contributed by atoms with E-state index in [0.29, 0.717) is 16.6 Å². The topological polar surface area (TPSA) is 68.4 Å². The molecule has 102 valence electrons. The van der Waals surface area contributed by atoms with Crippen molar-refractivity contribution >= 4 is 27.3 Å². The van der Waals surface area contributed by atoms with Gasteiger partial charge in [0.25, 0.3) is 5.89 Å². The second kappa shape index (κ2) is 5.26. The lowest BCUT2D eigenvalue weighted by atomic mass is 10.2. The van der Waals surface area contributed by atoms with E-state index in [4.69, 9.17) is 9.26 Å². The van der Waals surface area contributed by atoms with Gasteiger partial charge in [0.15, 0.2) is 0 Å². The maximum atomic E-state index is 9.65. The van der Waals surface area contributed by atoms with Crippen molar-refractivity contribution in [1.29, 1.82) is 0 Å². The fourth-order valence-corrected chi connectivity index (χ4v) is 2.95. The van der Waals surface area contributed by atoms with Crippen LogP contribution in [-0.4, -0.2) is 22.4 Å². The number of nitrogens with zero attached hydrogens (tertiary/aromatic N) is 2. The Morgan fingerprint density at radius 1 is 1.35 bits per heavy atom. The molecule has 0 aliphatic rings. The molecule has 1 aromatic carbocycles. The summed E-state index contributed by atoms with van der Waals surface area (Å²) in [5, 5.41) is 15.3. The highest BCUT2D eigenvalue weighted by Gasteiger charge is 2.15. The van der Waals surface area contributed by atoms with Crippen molar-refractivity contribution in [3.63, 3.8) is 0 Å². The normalized spacial score (nSPS) is 10.7. The van der Waals surface area contributed by atoms with Gasteiger partial charge in [-0.3, -0.25) is 0 Å². The summed E-state index contributed by atoms with van der Waals surface area (Å²) in [6.07, 6.45) is 0. The van der Waals surface area contributed by atoms with E-state index in [-0.39, 0.29) is 5.75 Å². The number of aromatic hydroxyl groups is 1. The minimum atomic E-state index is 0.140. The van der Waals surface area contributed by atoms with Gasteiger partial charge in [0.1, 0.15) is 16.4 Å². The van der Waals surface area contributed by atoms with Crippen molar-refractivity contribution in [2.45, 2.75) is 0 Å². The van der Waals surface area contributed by atoms with E-state index in [1.807, 2.05) is 18.2 Å². The van der Waals surface area contributed by atoms with Gasteiger partial charge < -0.3 is 14.4 Å². The molecule has 3 aromatic rings. The fraction of sp³-hybridized carbons (Fsp3) is 0.0769. The van der Waals surface area contributed by atoms with Crippen molar-refractivity contribution in [1.82, 2.24) is 10.1 Å². The van der Waals surface area contributed by atoms with E-state index in [0.717, 1.165) is 15.8 Å². The van der Waals surface area contributed by atoms with E-state index < -0.39 is 0 Å². The third kappa shape index (κ3) is 2.30. The average molecular weight is 353 g/mol. The standard InChI is InChI=1S/C13H9BrN2O3S/c1-18-10-3-2-7(6-8(10)14)12-15-13(19-16-12)11-9(17)4-5-20-11/h2-6,17H,1H3. The molecule has 7 heteroatoms. The first-order chi connectivity index (χ1) is 9.69. The van der Waals surface area contributed by atoms with Crippen LogP contribution in [0.15, 0.2) is 38.6 Å². The molecule has 0 saturated heterocycles. The molecule has 20 heavy (non-hydrogen) atoms. The highest BCUT2D eigenvalue weighted by Crippen LogP contribution is 2.35. The predicted molar refractivity (Wildman–Crippen MR) is 79.0 cm³/mol. The Bertz CT molecular complexity index is 754. The zero-order valence-corrected chi connectivity index (χ0v) is 12.7. The molecule has 0 aliphatic heterocycles. The number of halogens is 1. The van der Waals surface area contributed by atoms with Gasteiger partial charge in [0.05, 0.1) is 11.6 Å². The molecule has 0 bridgehead atoms. The smallest absolute Gasteiger partial charge is 0.272 e. The quantitative estimate of drug-likeness (QED) is 0.772. The molecule has 0 unspecified atom stereocenters. The first kappa shape index (κ1) is 13.1. The van der Waals surface area contributed by atoms with Gasteiger partial charge in [-0.25, -0.2) is 0 Å². The van der Waals surface area contributed by atoms with Crippen LogP contribution in [0, 0.1) is 0 Å². The lowest BCUT2D eigenvalue weighted by Crippen LogP contribution is -1.86. The van der Waals surface area contributed by atoms with Crippen LogP contribution in [0.1, 0.15) is 0 Å². The lowest BCUT2D eigenvalue weighted by molar-refractivity contribution is 0.412. The molecule has 0 radical (unpaired) electrons. The van der Waals surface area contributed by atoms with E-state index >= 15 is 0 Å². The molecular weight excluding hydrogens is 344 g/mol. The van der Waals surface area contributed by atoms with E-state index in [2.05, 4.69) is 26.1 Å². The number of ether oxygens (including phenoxy) is 1. The number of rotatable bonds is 3. The van der Waals surface area contributed by atoms with E-state index in [1.165, 1.54) is 11.3 Å². The summed E-state index contributed by atoms with van der Waals surface area (Å²) in [4.78, 5) is 4.86. The van der Waals surface area contributed by atoms with Gasteiger partial charge in [-0.1, -0.05) is 5.16 Å². The second-order valence-corrected chi connectivity index (χ2v) is 5.68. The molecule has 0 amide bonds. The predicted octanol–water partition coefficient (Wildman–Crippen LogP) is 3.94. The van der Waals surface area contributed by atoms with Crippen LogP contribution in [-0.2, 0) is 0 Å². The van der Waals surface area contributed by atoms with Crippen molar-refractivity contribution < 1.29 is 14.4 Å². The van der Waals surface area contributed by atoms with Crippen LogP contribution in [0.3, 0.4) is 0 Å². The van der Waals surface area contributed by atoms with Gasteiger partial charge in [0, 0.05) is 5.56 Å². The second-order valence-electron chi connectivity index (χ2n) is 3.91. The summed E-state index contributed by atoms with van der Waals surface area (Å²) in [5.74, 6) is 1.63. The Kier molecular flexibility index (Phi) is 3.45. The van der Waals surface area contributed by atoms with Crippen LogP contribution >= 0.6 is 27.3 Å². The van der Waals surface area contributed by atoms with Crippen LogP contribution < -0.4 is 4.74 Å². The third-order valence-corrected chi connectivity index (χ3v) is 4.19. The van der Waals surface area contributed by atoms with E-state index in [1.54, 1.807) is 18.6 Å². The monoisotopic (exact) mass is 352 g/mol. The van der Waals surface area contributed by atoms with Crippen LogP contribution in [0.25, 0.3) is 22.2 Å². The largest absolute Gasteiger partial charge is 0.506 e. The van der Waals surface area contributed by atoms with Crippen LogP contribution in [0.2, 0.25) is 0 Å². The van der Waals surface area contributed by atoms with Gasteiger partial charge in [-0.15, -0.1) is 11.3 Å². The van der Waals surface area contributed by atoms with Crippen molar-refractivity contribution in [2.75, 3.05) is 7.11 Å². The Labute approximate surface area is 127 Å². The van der Waals surface area contributed by atoms with Gasteiger partial charge in [-0.05, 0) is 45.6 Å². The fourth-order valence-electron chi connectivity index (χ4n) is 1.70. The zero-order valence-electron chi connectivity index (χ0n) is 10.3. The SMILES string of the molecule is COc1ccc(-c2noc(-c3sccc3O)n2)cc1Br. The third-order valence-electron chi connectivity index (χ3n) is 2.67. The number of aromatic nitrogens is 2.